The lowest BCUT2D eigenvalue weighted by Gasteiger charge is -2.46. The molecule has 21 heavy (non-hydrogen) atoms. The average molecular weight is 355 g/mol. The molecule has 1 aliphatic heterocycles. The maximum absolute atomic E-state index is 12.2. The largest absolute Gasteiger partial charge is 0.387 e. The number of aliphatic hydroxyl groups is 1. The molecule has 1 aromatic rings. The van der Waals surface area contributed by atoms with Crippen LogP contribution in [-0.2, 0) is 11.3 Å². The summed E-state index contributed by atoms with van der Waals surface area (Å²) in [4.78, 5) is 16.0. The van der Waals surface area contributed by atoms with Crippen LogP contribution in [0.25, 0.3) is 0 Å². The molecule has 1 heterocycles. The number of amides is 1. The highest BCUT2D eigenvalue weighted by Gasteiger charge is 2.40. The fourth-order valence-electron chi connectivity index (χ4n) is 2.80. The number of halogens is 1. The third-order valence-corrected chi connectivity index (χ3v) is 4.67. The number of benzene rings is 1. The standard InChI is InChI=1S/C16H23BrN2O2/c1-3-8-16(21)11-19(12-16)10-15(20)18(2)9-13-6-4-5-7-14(13)17/h4-7,21H,3,8-12H2,1-2H3. The van der Waals surface area contributed by atoms with E-state index >= 15 is 0 Å². The van der Waals surface area contributed by atoms with Crippen LogP contribution in [0.15, 0.2) is 28.7 Å². The first-order chi connectivity index (χ1) is 9.93. The number of hydrogen-bond donors (Lipinski definition) is 1. The third kappa shape index (κ3) is 4.28. The van der Waals surface area contributed by atoms with Gasteiger partial charge in [0.2, 0.25) is 5.91 Å². The van der Waals surface area contributed by atoms with Crippen molar-refractivity contribution in [3.05, 3.63) is 34.3 Å². The van der Waals surface area contributed by atoms with E-state index in [9.17, 15) is 9.90 Å². The molecule has 1 aliphatic rings. The highest BCUT2D eigenvalue weighted by molar-refractivity contribution is 9.10. The van der Waals surface area contributed by atoms with Crippen LogP contribution in [0.3, 0.4) is 0 Å². The zero-order chi connectivity index (χ0) is 15.5. The molecule has 116 valence electrons. The minimum absolute atomic E-state index is 0.0873. The van der Waals surface area contributed by atoms with Crippen LogP contribution >= 0.6 is 15.9 Å². The van der Waals surface area contributed by atoms with Gasteiger partial charge in [0.1, 0.15) is 0 Å². The Morgan fingerprint density at radius 1 is 1.43 bits per heavy atom. The van der Waals surface area contributed by atoms with Crippen molar-refractivity contribution in [3.63, 3.8) is 0 Å². The molecule has 1 fully saturated rings. The average Bonchev–Trinajstić information content (AvgIpc) is 2.39. The lowest BCUT2D eigenvalue weighted by molar-refractivity contribution is -0.141. The molecule has 0 spiro atoms. The SMILES string of the molecule is CCCC1(O)CN(CC(=O)N(C)Cc2ccccc2Br)C1. The minimum Gasteiger partial charge on any atom is -0.387 e. The topological polar surface area (TPSA) is 43.8 Å². The highest BCUT2D eigenvalue weighted by atomic mass is 79.9. The summed E-state index contributed by atoms with van der Waals surface area (Å²) in [5, 5.41) is 10.1. The Morgan fingerprint density at radius 3 is 2.71 bits per heavy atom. The van der Waals surface area contributed by atoms with Gasteiger partial charge in [-0.05, 0) is 18.1 Å². The number of β-amino-alcohol motifs (C(OH)–C–C–N with tert-alkyl or cyclic N) is 1. The van der Waals surface area contributed by atoms with Crippen molar-refractivity contribution in [3.8, 4) is 0 Å². The molecule has 1 saturated heterocycles. The fourth-order valence-corrected chi connectivity index (χ4v) is 3.21. The molecule has 1 N–H and O–H groups in total. The Labute approximate surface area is 134 Å². The molecule has 1 aromatic carbocycles. The van der Waals surface area contributed by atoms with Crippen molar-refractivity contribution in [1.29, 1.82) is 0 Å². The Bertz CT molecular complexity index is 501. The molecule has 2 rings (SSSR count). The quantitative estimate of drug-likeness (QED) is 0.851. The van der Waals surface area contributed by atoms with Crippen molar-refractivity contribution >= 4 is 21.8 Å². The highest BCUT2D eigenvalue weighted by Crippen LogP contribution is 2.25. The molecule has 0 bridgehead atoms. The Balaban J connectivity index is 1.81. The van der Waals surface area contributed by atoms with Crippen molar-refractivity contribution in [2.45, 2.75) is 31.9 Å². The lowest BCUT2D eigenvalue weighted by Crippen LogP contribution is -2.63. The molecule has 0 unspecified atom stereocenters. The summed E-state index contributed by atoms with van der Waals surface area (Å²) in [6, 6.07) is 7.92. The molecule has 1 amide bonds. The molecule has 5 heteroatoms. The molecule has 0 atom stereocenters. The van der Waals surface area contributed by atoms with E-state index in [2.05, 4.69) is 22.9 Å². The second-order valence-corrected chi connectivity index (χ2v) is 6.82. The zero-order valence-electron chi connectivity index (χ0n) is 12.7. The number of likely N-dealkylation sites (tertiary alicyclic amines) is 1. The number of hydrogen-bond acceptors (Lipinski definition) is 3. The van der Waals surface area contributed by atoms with Gasteiger partial charge in [-0.1, -0.05) is 47.5 Å². The summed E-state index contributed by atoms with van der Waals surface area (Å²) < 4.78 is 1.02. The van der Waals surface area contributed by atoms with Crippen molar-refractivity contribution in [1.82, 2.24) is 9.80 Å². The number of rotatable bonds is 6. The van der Waals surface area contributed by atoms with Crippen molar-refractivity contribution in [2.24, 2.45) is 0 Å². The summed E-state index contributed by atoms with van der Waals surface area (Å²) in [5.74, 6) is 0.0873. The maximum Gasteiger partial charge on any atom is 0.236 e. The Morgan fingerprint density at radius 2 is 2.10 bits per heavy atom. The van der Waals surface area contributed by atoms with Crippen LogP contribution < -0.4 is 0 Å². The lowest BCUT2D eigenvalue weighted by atomic mass is 9.89. The van der Waals surface area contributed by atoms with Crippen molar-refractivity contribution in [2.75, 3.05) is 26.7 Å². The zero-order valence-corrected chi connectivity index (χ0v) is 14.3. The van der Waals surface area contributed by atoms with E-state index in [1.807, 2.05) is 36.2 Å². The van der Waals surface area contributed by atoms with Crippen LogP contribution in [0.5, 0.6) is 0 Å². The van der Waals surface area contributed by atoms with Gasteiger partial charge in [-0.2, -0.15) is 0 Å². The molecule has 4 nitrogen and oxygen atoms in total. The van der Waals surface area contributed by atoms with E-state index in [4.69, 9.17) is 0 Å². The summed E-state index contributed by atoms with van der Waals surface area (Å²) in [5.41, 5.74) is 0.523. The second-order valence-electron chi connectivity index (χ2n) is 5.96. The van der Waals surface area contributed by atoms with Crippen LogP contribution in [0.4, 0.5) is 0 Å². The van der Waals surface area contributed by atoms with Gasteiger partial charge in [-0.3, -0.25) is 9.69 Å². The predicted molar refractivity (Wildman–Crippen MR) is 86.9 cm³/mol. The number of likely N-dealkylation sites (N-methyl/N-ethyl adjacent to an activating group) is 1. The smallest absolute Gasteiger partial charge is 0.236 e. The number of carbonyl (C=O) groups excluding carboxylic acids is 1. The predicted octanol–water partition coefficient (Wildman–Crippen LogP) is 2.25. The van der Waals surface area contributed by atoms with E-state index < -0.39 is 5.60 Å². The van der Waals surface area contributed by atoms with Gasteiger partial charge in [0.15, 0.2) is 0 Å². The van der Waals surface area contributed by atoms with Gasteiger partial charge in [0.05, 0.1) is 12.1 Å². The summed E-state index contributed by atoms with van der Waals surface area (Å²) in [6.07, 6.45) is 1.78. The van der Waals surface area contributed by atoms with E-state index in [1.165, 1.54) is 0 Å². The molecular weight excluding hydrogens is 332 g/mol. The minimum atomic E-state index is -0.573. The van der Waals surface area contributed by atoms with E-state index in [1.54, 1.807) is 4.90 Å². The van der Waals surface area contributed by atoms with Gasteiger partial charge in [-0.25, -0.2) is 0 Å². The summed E-state index contributed by atoms with van der Waals surface area (Å²) in [6.45, 7) is 4.25. The summed E-state index contributed by atoms with van der Waals surface area (Å²) >= 11 is 3.50. The summed E-state index contributed by atoms with van der Waals surface area (Å²) in [7, 11) is 1.82. The first kappa shape index (κ1) is 16.5. The van der Waals surface area contributed by atoms with Gasteiger partial charge < -0.3 is 10.0 Å². The van der Waals surface area contributed by atoms with Crippen LogP contribution in [0.1, 0.15) is 25.3 Å². The van der Waals surface area contributed by atoms with Crippen LogP contribution in [0, 0.1) is 0 Å². The molecular formula is C16H23BrN2O2. The number of carbonyl (C=O) groups is 1. The van der Waals surface area contributed by atoms with Crippen molar-refractivity contribution < 1.29 is 9.90 Å². The Hall–Kier alpha value is -0.910. The first-order valence-electron chi connectivity index (χ1n) is 7.35. The van der Waals surface area contributed by atoms with Crippen LogP contribution in [-0.4, -0.2) is 53.1 Å². The number of nitrogens with zero attached hydrogens (tertiary/aromatic N) is 2. The monoisotopic (exact) mass is 354 g/mol. The van der Waals surface area contributed by atoms with Crippen LogP contribution in [0.2, 0.25) is 0 Å². The van der Waals surface area contributed by atoms with Gasteiger partial charge in [-0.15, -0.1) is 0 Å². The molecule has 0 radical (unpaired) electrons. The van der Waals surface area contributed by atoms with Gasteiger partial charge in [0, 0.05) is 31.2 Å². The molecule has 0 aliphatic carbocycles. The third-order valence-electron chi connectivity index (χ3n) is 3.90. The van der Waals surface area contributed by atoms with E-state index in [-0.39, 0.29) is 5.91 Å². The Kier molecular flexibility index (Phi) is 5.41. The van der Waals surface area contributed by atoms with Gasteiger partial charge in [0.25, 0.3) is 0 Å². The van der Waals surface area contributed by atoms with E-state index in [0.29, 0.717) is 26.2 Å². The van der Waals surface area contributed by atoms with E-state index in [0.717, 1.165) is 22.9 Å². The molecule has 0 aromatic heterocycles. The fraction of sp³-hybridized carbons (Fsp3) is 0.562. The molecule has 0 saturated carbocycles. The normalized spacial score (nSPS) is 17.3. The maximum atomic E-state index is 12.2. The van der Waals surface area contributed by atoms with Gasteiger partial charge >= 0.3 is 0 Å². The first-order valence-corrected chi connectivity index (χ1v) is 8.15. The second kappa shape index (κ2) is 6.90.